The summed E-state index contributed by atoms with van der Waals surface area (Å²) >= 11 is 0. The van der Waals surface area contributed by atoms with Crippen molar-refractivity contribution in [2.75, 3.05) is 12.8 Å². The molecular weight excluding hydrogens is 199 g/mol. The predicted molar refractivity (Wildman–Crippen MR) is 54.3 cm³/mol. The number of rotatable bonds is 3. The standard InChI is InChI=1S/C10H11FN2O2/c1-15-9(14)4-2-3-7-5-8(11)10(12)13-6-7/h2-3,5-6H,4H2,1H3,(H2,12,13). The summed E-state index contributed by atoms with van der Waals surface area (Å²) in [7, 11) is 1.31. The van der Waals surface area contributed by atoms with Gasteiger partial charge in [0.05, 0.1) is 13.5 Å². The van der Waals surface area contributed by atoms with Crippen LogP contribution in [-0.4, -0.2) is 18.1 Å². The summed E-state index contributed by atoms with van der Waals surface area (Å²) in [5.41, 5.74) is 5.75. The van der Waals surface area contributed by atoms with Gasteiger partial charge in [-0.05, 0) is 11.6 Å². The number of esters is 1. The number of methoxy groups -OCH3 is 1. The van der Waals surface area contributed by atoms with Crippen LogP contribution in [0.5, 0.6) is 0 Å². The number of aromatic nitrogens is 1. The fraction of sp³-hybridized carbons (Fsp3) is 0.200. The number of carbonyl (C=O) groups is 1. The topological polar surface area (TPSA) is 65.2 Å². The maximum atomic E-state index is 12.9. The molecule has 4 nitrogen and oxygen atoms in total. The molecule has 80 valence electrons. The van der Waals surface area contributed by atoms with Crippen molar-refractivity contribution in [2.24, 2.45) is 0 Å². The molecule has 0 aromatic carbocycles. The monoisotopic (exact) mass is 210 g/mol. The number of nitrogens with two attached hydrogens (primary N) is 1. The molecule has 0 aliphatic carbocycles. The minimum atomic E-state index is -0.574. The summed E-state index contributed by atoms with van der Waals surface area (Å²) in [5.74, 6) is -1.06. The van der Waals surface area contributed by atoms with E-state index in [1.54, 1.807) is 12.2 Å². The molecule has 15 heavy (non-hydrogen) atoms. The molecule has 0 fully saturated rings. The predicted octanol–water partition coefficient (Wildman–Crippen LogP) is 1.38. The van der Waals surface area contributed by atoms with Crippen LogP contribution in [0.3, 0.4) is 0 Å². The lowest BCUT2D eigenvalue weighted by atomic mass is 10.2. The van der Waals surface area contributed by atoms with Crippen molar-refractivity contribution in [2.45, 2.75) is 6.42 Å². The molecule has 0 aliphatic rings. The van der Waals surface area contributed by atoms with Gasteiger partial charge in [0, 0.05) is 6.20 Å². The molecule has 0 saturated carbocycles. The molecule has 0 saturated heterocycles. The van der Waals surface area contributed by atoms with Crippen LogP contribution < -0.4 is 5.73 Å². The molecule has 1 aromatic rings. The Morgan fingerprint density at radius 1 is 1.73 bits per heavy atom. The van der Waals surface area contributed by atoms with Gasteiger partial charge in [-0.25, -0.2) is 9.37 Å². The first kappa shape index (κ1) is 11.2. The van der Waals surface area contributed by atoms with Crippen molar-refractivity contribution in [1.82, 2.24) is 4.98 Å². The quantitative estimate of drug-likeness (QED) is 0.765. The van der Waals surface area contributed by atoms with E-state index < -0.39 is 5.82 Å². The van der Waals surface area contributed by atoms with E-state index >= 15 is 0 Å². The third-order valence-electron chi connectivity index (χ3n) is 1.71. The average Bonchev–Trinajstić information content (AvgIpc) is 2.23. The van der Waals surface area contributed by atoms with Crippen LogP contribution in [0.25, 0.3) is 6.08 Å². The van der Waals surface area contributed by atoms with Crippen molar-refractivity contribution >= 4 is 17.9 Å². The highest BCUT2D eigenvalue weighted by Crippen LogP contribution is 2.09. The van der Waals surface area contributed by atoms with Crippen molar-refractivity contribution in [3.63, 3.8) is 0 Å². The van der Waals surface area contributed by atoms with Crippen LogP contribution in [0.15, 0.2) is 18.3 Å². The van der Waals surface area contributed by atoms with Crippen LogP contribution in [0.2, 0.25) is 0 Å². The number of carbonyl (C=O) groups excluding carboxylic acids is 1. The Bertz CT molecular complexity index is 391. The fourth-order valence-electron chi connectivity index (χ4n) is 0.929. The van der Waals surface area contributed by atoms with E-state index in [0.29, 0.717) is 5.56 Å². The van der Waals surface area contributed by atoms with Crippen LogP contribution in [0, 0.1) is 5.82 Å². The van der Waals surface area contributed by atoms with Gasteiger partial charge in [-0.2, -0.15) is 0 Å². The normalized spacial score (nSPS) is 10.5. The highest BCUT2D eigenvalue weighted by Gasteiger charge is 1.99. The van der Waals surface area contributed by atoms with E-state index in [-0.39, 0.29) is 18.2 Å². The van der Waals surface area contributed by atoms with E-state index in [1.165, 1.54) is 19.4 Å². The Kier molecular flexibility index (Phi) is 3.79. The molecule has 0 amide bonds. The number of pyridine rings is 1. The summed E-state index contributed by atoms with van der Waals surface area (Å²) < 4.78 is 17.3. The second kappa shape index (κ2) is 5.09. The Morgan fingerprint density at radius 2 is 2.47 bits per heavy atom. The first-order chi connectivity index (χ1) is 7.13. The Hall–Kier alpha value is -1.91. The fourth-order valence-corrected chi connectivity index (χ4v) is 0.929. The number of anilines is 1. The average molecular weight is 210 g/mol. The van der Waals surface area contributed by atoms with Crippen molar-refractivity contribution in [3.05, 3.63) is 29.7 Å². The summed E-state index contributed by atoms with van der Waals surface area (Å²) in [5, 5.41) is 0. The Labute approximate surface area is 86.6 Å². The molecule has 2 N–H and O–H groups in total. The van der Waals surface area contributed by atoms with E-state index in [9.17, 15) is 9.18 Å². The number of ether oxygens (including phenoxy) is 1. The zero-order chi connectivity index (χ0) is 11.3. The zero-order valence-corrected chi connectivity index (χ0v) is 8.24. The molecule has 0 unspecified atom stereocenters. The molecule has 1 rings (SSSR count). The van der Waals surface area contributed by atoms with Crippen molar-refractivity contribution < 1.29 is 13.9 Å². The molecule has 0 aliphatic heterocycles. The van der Waals surface area contributed by atoms with Gasteiger partial charge >= 0.3 is 5.97 Å². The lowest BCUT2D eigenvalue weighted by Crippen LogP contribution is -1.97. The van der Waals surface area contributed by atoms with Crippen molar-refractivity contribution in [1.29, 1.82) is 0 Å². The maximum Gasteiger partial charge on any atom is 0.309 e. The third-order valence-corrected chi connectivity index (χ3v) is 1.71. The summed E-state index contributed by atoms with van der Waals surface area (Å²) in [6, 6.07) is 1.25. The van der Waals surface area contributed by atoms with Gasteiger partial charge < -0.3 is 10.5 Å². The number of hydrogen-bond acceptors (Lipinski definition) is 4. The minimum absolute atomic E-state index is 0.139. The van der Waals surface area contributed by atoms with Gasteiger partial charge in [-0.1, -0.05) is 12.2 Å². The summed E-state index contributed by atoms with van der Waals surface area (Å²) in [6.07, 6.45) is 4.71. The molecule has 0 radical (unpaired) electrons. The van der Waals surface area contributed by atoms with Gasteiger partial charge in [0.25, 0.3) is 0 Å². The zero-order valence-electron chi connectivity index (χ0n) is 8.24. The van der Waals surface area contributed by atoms with Gasteiger partial charge in [0.15, 0.2) is 11.6 Å². The number of nitrogen functional groups attached to an aromatic ring is 1. The number of hydrogen-bond donors (Lipinski definition) is 1. The Morgan fingerprint density at radius 3 is 3.07 bits per heavy atom. The molecule has 1 aromatic heterocycles. The molecule has 0 spiro atoms. The molecular formula is C10H11FN2O2. The lowest BCUT2D eigenvalue weighted by molar-refractivity contribution is -0.139. The summed E-state index contributed by atoms with van der Waals surface area (Å²) in [4.78, 5) is 14.4. The molecule has 5 heteroatoms. The highest BCUT2D eigenvalue weighted by molar-refractivity contribution is 5.72. The Balaban J connectivity index is 2.65. The first-order valence-electron chi connectivity index (χ1n) is 4.28. The molecule has 1 heterocycles. The van der Waals surface area contributed by atoms with E-state index in [0.717, 1.165) is 0 Å². The molecule has 0 atom stereocenters. The smallest absolute Gasteiger partial charge is 0.309 e. The van der Waals surface area contributed by atoms with Crippen LogP contribution in [0.4, 0.5) is 10.2 Å². The maximum absolute atomic E-state index is 12.9. The van der Waals surface area contributed by atoms with Crippen LogP contribution >= 0.6 is 0 Å². The minimum Gasteiger partial charge on any atom is -0.469 e. The summed E-state index contributed by atoms with van der Waals surface area (Å²) in [6.45, 7) is 0. The third kappa shape index (κ3) is 3.38. The lowest BCUT2D eigenvalue weighted by Gasteiger charge is -1.96. The van der Waals surface area contributed by atoms with Gasteiger partial charge in [-0.15, -0.1) is 0 Å². The van der Waals surface area contributed by atoms with Gasteiger partial charge in [0.1, 0.15) is 0 Å². The number of nitrogens with zero attached hydrogens (tertiary/aromatic N) is 1. The van der Waals surface area contributed by atoms with Gasteiger partial charge in [0.2, 0.25) is 0 Å². The van der Waals surface area contributed by atoms with E-state index in [1.807, 2.05) is 0 Å². The van der Waals surface area contributed by atoms with Crippen LogP contribution in [-0.2, 0) is 9.53 Å². The van der Waals surface area contributed by atoms with E-state index in [2.05, 4.69) is 9.72 Å². The molecule has 0 bridgehead atoms. The van der Waals surface area contributed by atoms with E-state index in [4.69, 9.17) is 5.73 Å². The highest BCUT2D eigenvalue weighted by atomic mass is 19.1. The SMILES string of the molecule is COC(=O)CC=Cc1cnc(N)c(F)c1. The van der Waals surface area contributed by atoms with Crippen LogP contribution in [0.1, 0.15) is 12.0 Å². The number of halogens is 1. The largest absolute Gasteiger partial charge is 0.469 e. The van der Waals surface area contributed by atoms with Gasteiger partial charge in [-0.3, -0.25) is 4.79 Å². The first-order valence-corrected chi connectivity index (χ1v) is 4.28. The second-order valence-corrected chi connectivity index (χ2v) is 2.82. The van der Waals surface area contributed by atoms with Crippen molar-refractivity contribution in [3.8, 4) is 0 Å². The second-order valence-electron chi connectivity index (χ2n) is 2.82.